The van der Waals surface area contributed by atoms with Crippen LogP contribution in [-0.4, -0.2) is 72.3 Å². The first-order valence-electron chi connectivity index (χ1n) is 7.67. The molecule has 0 aromatic carbocycles. The topological polar surface area (TPSA) is 54.9 Å². The molecule has 2 aliphatic heterocycles. The Morgan fingerprint density at radius 3 is 3.00 bits per heavy atom. The molecule has 22 heavy (non-hydrogen) atoms. The van der Waals surface area contributed by atoms with Gasteiger partial charge in [0.1, 0.15) is 5.60 Å². The Kier molecular flexibility index (Phi) is 4.77. The maximum atomic E-state index is 11.7. The van der Waals surface area contributed by atoms with Crippen molar-refractivity contribution in [1.29, 1.82) is 0 Å². The minimum absolute atomic E-state index is 0.0840. The Morgan fingerprint density at radius 1 is 1.41 bits per heavy atom. The molecule has 6 nitrogen and oxygen atoms in total. The number of morpholine rings is 1. The summed E-state index contributed by atoms with van der Waals surface area (Å²) in [6.07, 6.45) is 0. The van der Waals surface area contributed by atoms with Gasteiger partial charge in [0, 0.05) is 38.5 Å². The smallest absolute Gasteiger partial charge is 0.219 e. The molecule has 1 spiro atoms. The van der Waals surface area contributed by atoms with E-state index in [2.05, 4.69) is 15.3 Å². The highest BCUT2D eigenvalue weighted by atomic mass is 32.1. The lowest BCUT2D eigenvalue weighted by Crippen LogP contribution is -2.58. The van der Waals surface area contributed by atoms with Crippen LogP contribution in [0.3, 0.4) is 0 Å². The van der Waals surface area contributed by atoms with E-state index in [1.54, 1.807) is 18.3 Å². The number of thiazole rings is 1. The highest BCUT2D eigenvalue weighted by Crippen LogP contribution is 2.24. The van der Waals surface area contributed by atoms with E-state index in [1.165, 1.54) is 0 Å². The number of ether oxygens (including phenoxy) is 2. The van der Waals surface area contributed by atoms with Crippen molar-refractivity contribution in [3.8, 4) is 0 Å². The summed E-state index contributed by atoms with van der Waals surface area (Å²) in [5, 5.41) is 3.21. The summed E-state index contributed by atoms with van der Waals surface area (Å²) >= 11 is 1.68. The van der Waals surface area contributed by atoms with Crippen molar-refractivity contribution >= 4 is 17.2 Å². The van der Waals surface area contributed by atoms with Gasteiger partial charge >= 0.3 is 0 Å². The van der Waals surface area contributed by atoms with Gasteiger partial charge in [0.05, 0.1) is 37.1 Å². The SMILES string of the molecule is CC(=O)N1CCOC[C@]2(CN(Cc3csc(C)n3)CCO2)C1. The molecular weight excluding hydrogens is 302 g/mol. The molecule has 2 fully saturated rings. The zero-order valence-corrected chi connectivity index (χ0v) is 14.0. The summed E-state index contributed by atoms with van der Waals surface area (Å²) < 4.78 is 11.8. The van der Waals surface area contributed by atoms with E-state index in [4.69, 9.17) is 9.47 Å². The minimum atomic E-state index is -0.411. The highest BCUT2D eigenvalue weighted by molar-refractivity contribution is 7.09. The normalized spacial score (nSPS) is 27.1. The number of carbonyl (C=O) groups is 1. The lowest BCUT2D eigenvalue weighted by molar-refractivity contribution is -0.151. The monoisotopic (exact) mass is 325 g/mol. The Balaban J connectivity index is 1.68. The molecule has 0 radical (unpaired) electrons. The molecule has 0 unspecified atom stereocenters. The van der Waals surface area contributed by atoms with Crippen LogP contribution in [0, 0.1) is 6.92 Å². The van der Waals surface area contributed by atoms with E-state index >= 15 is 0 Å². The van der Waals surface area contributed by atoms with Crippen LogP contribution in [0.2, 0.25) is 0 Å². The van der Waals surface area contributed by atoms with E-state index in [0.29, 0.717) is 32.9 Å². The van der Waals surface area contributed by atoms with Crippen molar-refractivity contribution in [1.82, 2.24) is 14.8 Å². The lowest BCUT2D eigenvalue weighted by atomic mass is 10.0. The molecule has 0 aliphatic carbocycles. The van der Waals surface area contributed by atoms with Crippen molar-refractivity contribution in [2.75, 3.05) is 46.0 Å². The van der Waals surface area contributed by atoms with Crippen molar-refractivity contribution in [2.24, 2.45) is 0 Å². The van der Waals surface area contributed by atoms with E-state index in [-0.39, 0.29) is 5.91 Å². The van der Waals surface area contributed by atoms with Crippen LogP contribution >= 0.6 is 11.3 Å². The van der Waals surface area contributed by atoms with Crippen LogP contribution < -0.4 is 0 Å². The number of aromatic nitrogens is 1. The van der Waals surface area contributed by atoms with Crippen molar-refractivity contribution in [3.63, 3.8) is 0 Å². The standard InChI is InChI=1S/C15H23N3O3S/c1-12-16-14(8-22-12)7-17-3-6-21-15(9-17)10-18(13(2)19)4-5-20-11-15/h8H,3-7,9-11H2,1-2H3/t15-/m0/s1. The van der Waals surface area contributed by atoms with Crippen LogP contribution in [-0.2, 0) is 20.8 Å². The van der Waals surface area contributed by atoms with Gasteiger partial charge in [-0.1, -0.05) is 0 Å². The van der Waals surface area contributed by atoms with Gasteiger partial charge in [-0.2, -0.15) is 0 Å². The fourth-order valence-electron chi connectivity index (χ4n) is 3.13. The molecule has 2 saturated heterocycles. The van der Waals surface area contributed by atoms with Gasteiger partial charge in [0.25, 0.3) is 0 Å². The average molecular weight is 325 g/mol. The van der Waals surface area contributed by atoms with Crippen molar-refractivity contribution < 1.29 is 14.3 Å². The van der Waals surface area contributed by atoms with Gasteiger partial charge < -0.3 is 14.4 Å². The number of carbonyl (C=O) groups excluding carboxylic acids is 1. The van der Waals surface area contributed by atoms with Gasteiger partial charge in [-0.25, -0.2) is 4.98 Å². The quantitative estimate of drug-likeness (QED) is 0.809. The average Bonchev–Trinajstić information content (AvgIpc) is 2.76. The second kappa shape index (κ2) is 6.62. The Hall–Kier alpha value is -1.02. The Labute approximate surface area is 135 Å². The van der Waals surface area contributed by atoms with Crippen molar-refractivity contribution in [2.45, 2.75) is 26.0 Å². The van der Waals surface area contributed by atoms with Gasteiger partial charge in [-0.05, 0) is 6.92 Å². The zero-order chi connectivity index (χ0) is 15.6. The van der Waals surface area contributed by atoms with Crippen LogP contribution in [0.4, 0.5) is 0 Å². The van der Waals surface area contributed by atoms with Gasteiger partial charge in [-0.15, -0.1) is 11.3 Å². The number of hydrogen-bond acceptors (Lipinski definition) is 6. The maximum absolute atomic E-state index is 11.7. The second-order valence-corrected chi connectivity index (χ2v) is 7.16. The Bertz CT molecular complexity index is 536. The highest BCUT2D eigenvalue weighted by Gasteiger charge is 2.40. The molecule has 0 N–H and O–H groups in total. The number of nitrogens with zero attached hydrogens (tertiary/aromatic N) is 3. The fraction of sp³-hybridized carbons (Fsp3) is 0.733. The molecule has 122 valence electrons. The summed E-state index contributed by atoms with van der Waals surface area (Å²) in [5.74, 6) is 0.0840. The van der Waals surface area contributed by atoms with Crippen LogP contribution in [0.15, 0.2) is 5.38 Å². The van der Waals surface area contributed by atoms with Gasteiger partial charge in [0.2, 0.25) is 5.91 Å². The predicted octanol–water partition coefficient (Wildman–Crippen LogP) is 0.901. The predicted molar refractivity (Wildman–Crippen MR) is 83.9 cm³/mol. The number of hydrogen-bond donors (Lipinski definition) is 0. The first-order chi connectivity index (χ1) is 10.6. The van der Waals surface area contributed by atoms with E-state index in [9.17, 15) is 4.79 Å². The summed E-state index contributed by atoms with van der Waals surface area (Å²) in [7, 11) is 0. The third-order valence-electron chi connectivity index (χ3n) is 4.17. The third-order valence-corrected chi connectivity index (χ3v) is 5.00. The minimum Gasteiger partial charge on any atom is -0.376 e. The first kappa shape index (κ1) is 15.9. The molecule has 1 aromatic heterocycles. The van der Waals surface area contributed by atoms with Crippen LogP contribution in [0.5, 0.6) is 0 Å². The number of amides is 1. The molecule has 3 heterocycles. The van der Waals surface area contributed by atoms with E-state index < -0.39 is 5.60 Å². The van der Waals surface area contributed by atoms with E-state index in [0.717, 1.165) is 30.3 Å². The van der Waals surface area contributed by atoms with E-state index in [1.807, 2.05) is 11.8 Å². The molecule has 1 amide bonds. The lowest BCUT2D eigenvalue weighted by Gasteiger charge is -2.43. The van der Waals surface area contributed by atoms with Crippen LogP contribution in [0.1, 0.15) is 17.6 Å². The molecule has 3 rings (SSSR count). The largest absolute Gasteiger partial charge is 0.376 e. The first-order valence-corrected chi connectivity index (χ1v) is 8.55. The number of rotatable bonds is 2. The summed E-state index contributed by atoms with van der Waals surface area (Å²) in [4.78, 5) is 20.5. The molecule has 7 heteroatoms. The summed E-state index contributed by atoms with van der Waals surface area (Å²) in [6, 6.07) is 0. The molecular formula is C15H23N3O3S. The van der Waals surface area contributed by atoms with Crippen LogP contribution in [0.25, 0.3) is 0 Å². The zero-order valence-electron chi connectivity index (χ0n) is 13.2. The van der Waals surface area contributed by atoms with Crippen molar-refractivity contribution in [3.05, 3.63) is 16.1 Å². The summed E-state index contributed by atoms with van der Waals surface area (Å²) in [5.41, 5.74) is 0.698. The van der Waals surface area contributed by atoms with Gasteiger partial charge in [0.15, 0.2) is 0 Å². The van der Waals surface area contributed by atoms with Gasteiger partial charge in [-0.3, -0.25) is 9.69 Å². The Morgan fingerprint density at radius 2 is 2.27 bits per heavy atom. The molecule has 0 bridgehead atoms. The number of aryl methyl sites for hydroxylation is 1. The molecule has 1 atom stereocenters. The third kappa shape index (κ3) is 3.65. The second-order valence-electron chi connectivity index (χ2n) is 6.09. The molecule has 1 aromatic rings. The molecule has 2 aliphatic rings. The summed E-state index contributed by atoms with van der Waals surface area (Å²) in [6.45, 7) is 9.16. The fourth-order valence-corrected chi connectivity index (χ4v) is 3.73. The maximum Gasteiger partial charge on any atom is 0.219 e. The molecule has 0 saturated carbocycles.